The molecule has 0 fully saturated rings. The number of benzene rings is 1. The van der Waals surface area contributed by atoms with Crippen molar-refractivity contribution in [1.29, 1.82) is 0 Å². The zero-order valence-corrected chi connectivity index (χ0v) is 16.3. The molecule has 1 aliphatic rings. The maximum Gasteiger partial charge on any atom is 0.410 e. The number of amides is 1. The summed E-state index contributed by atoms with van der Waals surface area (Å²) in [5, 5.41) is 8.47. The number of aromatic nitrogens is 4. The summed E-state index contributed by atoms with van der Waals surface area (Å²) >= 11 is 0. The number of ether oxygens (including phenoxy) is 1. The Morgan fingerprint density at radius 3 is 2.64 bits per heavy atom. The Bertz CT molecular complexity index is 987. The summed E-state index contributed by atoms with van der Waals surface area (Å²) < 4.78 is 12.5. The van der Waals surface area contributed by atoms with E-state index in [9.17, 15) is 4.79 Å². The van der Waals surface area contributed by atoms with Crippen LogP contribution in [0, 0.1) is 20.8 Å². The maximum absolute atomic E-state index is 12.6. The van der Waals surface area contributed by atoms with E-state index in [4.69, 9.17) is 9.26 Å². The Balaban J connectivity index is 1.44. The van der Waals surface area contributed by atoms with Gasteiger partial charge in [0.1, 0.15) is 12.3 Å². The number of nitrogens with zero attached hydrogens (tertiary/aromatic N) is 5. The molecule has 8 nitrogen and oxygen atoms in total. The molecule has 0 radical (unpaired) electrons. The summed E-state index contributed by atoms with van der Waals surface area (Å²) in [7, 11) is 0. The van der Waals surface area contributed by atoms with Gasteiger partial charge in [0, 0.05) is 20.0 Å². The van der Waals surface area contributed by atoms with Gasteiger partial charge in [-0.15, -0.1) is 0 Å². The molecule has 1 aliphatic heterocycles. The Morgan fingerprint density at radius 1 is 1.14 bits per heavy atom. The van der Waals surface area contributed by atoms with Crippen LogP contribution in [0.2, 0.25) is 0 Å². The van der Waals surface area contributed by atoms with Crippen molar-refractivity contribution in [1.82, 2.24) is 24.8 Å². The molecule has 0 unspecified atom stereocenters. The Morgan fingerprint density at radius 2 is 1.93 bits per heavy atom. The van der Waals surface area contributed by atoms with Gasteiger partial charge >= 0.3 is 6.09 Å². The third kappa shape index (κ3) is 3.90. The molecule has 146 valence electrons. The smallest absolute Gasteiger partial charge is 0.410 e. The van der Waals surface area contributed by atoms with Gasteiger partial charge in [-0.3, -0.25) is 4.68 Å². The first-order valence-electron chi connectivity index (χ1n) is 9.34. The summed E-state index contributed by atoms with van der Waals surface area (Å²) in [4.78, 5) is 18.6. The normalized spacial score (nSPS) is 13.9. The number of rotatable bonds is 3. The summed E-state index contributed by atoms with van der Waals surface area (Å²) in [5.74, 6) is 0.955. The molecular weight excluding hydrogens is 358 g/mol. The predicted molar refractivity (Wildman–Crippen MR) is 101 cm³/mol. The third-order valence-corrected chi connectivity index (χ3v) is 4.67. The van der Waals surface area contributed by atoms with E-state index < -0.39 is 0 Å². The fourth-order valence-corrected chi connectivity index (χ4v) is 3.52. The summed E-state index contributed by atoms with van der Waals surface area (Å²) in [6, 6.07) is 8.08. The summed E-state index contributed by atoms with van der Waals surface area (Å²) in [6.45, 7) is 7.89. The van der Waals surface area contributed by atoms with Gasteiger partial charge in [0.05, 0.1) is 12.2 Å². The zero-order chi connectivity index (χ0) is 19.7. The molecule has 3 aromatic rings. The lowest BCUT2D eigenvalue weighted by molar-refractivity contribution is 0.0942. The number of aryl methyl sites for hydroxylation is 4. The molecule has 0 bridgehead atoms. The Hall–Kier alpha value is -3.16. The second kappa shape index (κ2) is 7.46. The van der Waals surface area contributed by atoms with Crippen LogP contribution in [-0.4, -0.2) is 37.5 Å². The summed E-state index contributed by atoms with van der Waals surface area (Å²) in [5.41, 5.74) is 4.90. The van der Waals surface area contributed by atoms with Crippen molar-refractivity contribution in [2.24, 2.45) is 0 Å². The number of hydrogen-bond acceptors (Lipinski definition) is 6. The first-order valence-corrected chi connectivity index (χ1v) is 9.34. The highest BCUT2D eigenvalue weighted by molar-refractivity contribution is 5.67. The van der Waals surface area contributed by atoms with Crippen molar-refractivity contribution in [3.63, 3.8) is 0 Å². The fourth-order valence-electron chi connectivity index (χ4n) is 3.52. The molecule has 4 rings (SSSR count). The SMILES string of the molecule is Cc1cc(C)cc(COC(=O)N2CCCn3nc(-c4noc(C)n4)cc3C2)c1. The quantitative estimate of drug-likeness (QED) is 0.691. The Labute approximate surface area is 163 Å². The van der Waals surface area contributed by atoms with Gasteiger partial charge < -0.3 is 14.2 Å². The maximum atomic E-state index is 12.6. The predicted octanol–water partition coefficient (Wildman–Crippen LogP) is 3.40. The highest BCUT2D eigenvalue weighted by Crippen LogP contribution is 2.20. The van der Waals surface area contributed by atoms with Gasteiger partial charge in [0.25, 0.3) is 0 Å². The van der Waals surface area contributed by atoms with E-state index in [0.717, 1.165) is 35.3 Å². The third-order valence-electron chi connectivity index (χ3n) is 4.67. The highest BCUT2D eigenvalue weighted by Gasteiger charge is 2.23. The molecule has 8 heteroatoms. The van der Waals surface area contributed by atoms with Crippen LogP contribution in [0.25, 0.3) is 11.5 Å². The fraction of sp³-hybridized carbons (Fsp3) is 0.400. The van der Waals surface area contributed by atoms with Crippen LogP contribution in [-0.2, 0) is 24.4 Å². The van der Waals surface area contributed by atoms with E-state index in [2.05, 4.69) is 21.3 Å². The van der Waals surface area contributed by atoms with Gasteiger partial charge in [-0.25, -0.2) is 4.79 Å². The minimum atomic E-state index is -0.314. The Kier molecular flexibility index (Phi) is 4.85. The minimum absolute atomic E-state index is 0.268. The van der Waals surface area contributed by atoms with E-state index in [0.29, 0.717) is 30.5 Å². The molecule has 0 saturated carbocycles. The second-order valence-electron chi connectivity index (χ2n) is 7.21. The largest absolute Gasteiger partial charge is 0.445 e. The number of fused-ring (bicyclic) bond motifs is 1. The summed E-state index contributed by atoms with van der Waals surface area (Å²) in [6.07, 6.45) is 0.490. The van der Waals surface area contributed by atoms with Crippen LogP contribution >= 0.6 is 0 Å². The van der Waals surface area contributed by atoms with Crippen molar-refractivity contribution in [2.45, 2.75) is 46.9 Å². The second-order valence-corrected chi connectivity index (χ2v) is 7.21. The van der Waals surface area contributed by atoms with Crippen LogP contribution in [0.15, 0.2) is 28.8 Å². The lowest BCUT2D eigenvalue weighted by Crippen LogP contribution is -2.31. The molecule has 1 aromatic carbocycles. The minimum Gasteiger partial charge on any atom is -0.445 e. The topological polar surface area (TPSA) is 86.3 Å². The van der Waals surface area contributed by atoms with Gasteiger partial charge in [0.2, 0.25) is 11.7 Å². The number of carbonyl (C=O) groups is 1. The number of hydrogen-bond donors (Lipinski definition) is 0. The molecule has 3 heterocycles. The molecule has 0 atom stereocenters. The van der Waals surface area contributed by atoms with Crippen LogP contribution in [0.5, 0.6) is 0 Å². The van der Waals surface area contributed by atoms with Crippen molar-refractivity contribution in [2.75, 3.05) is 6.54 Å². The first kappa shape index (κ1) is 18.2. The van der Waals surface area contributed by atoms with Crippen LogP contribution in [0.4, 0.5) is 4.79 Å². The van der Waals surface area contributed by atoms with Gasteiger partial charge in [-0.2, -0.15) is 10.1 Å². The van der Waals surface area contributed by atoms with E-state index >= 15 is 0 Å². The zero-order valence-electron chi connectivity index (χ0n) is 16.3. The highest BCUT2D eigenvalue weighted by atomic mass is 16.6. The van der Waals surface area contributed by atoms with Crippen LogP contribution in [0.1, 0.15) is 34.7 Å². The van der Waals surface area contributed by atoms with Crippen molar-refractivity contribution < 1.29 is 14.1 Å². The monoisotopic (exact) mass is 381 g/mol. The lowest BCUT2D eigenvalue weighted by atomic mass is 10.1. The van der Waals surface area contributed by atoms with Crippen molar-refractivity contribution in [3.05, 3.63) is 52.5 Å². The molecule has 0 saturated heterocycles. The van der Waals surface area contributed by atoms with E-state index in [1.807, 2.05) is 36.7 Å². The lowest BCUT2D eigenvalue weighted by Gasteiger charge is -2.19. The first-order chi connectivity index (χ1) is 13.5. The standard InChI is InChI=1S/C20H23N5O3/c1-13-7-14(2)9-16(8-13)12-27-20(26)24-5-4-6-25-17(11-24)10-18(22-25)19-21-15(3)28-23-19/h7-10H,4-6,11-12H2,1-3H3. The van der Waals surface area contributed by atoms with Crippen molar-refractivity contribution >= 4 is 6.09 Å². The molecule has 0 N–H and O–H groups in total. The average Bonchev–Trinajstić information content (AvgIpc) is 3.19. The van der Waals surface area contributed by atoms with E-state index in [-0.39, 0.29) is 12.7 Å². The van der Waals surface area contributed by atoms with Gasteiger partial charge in [0.15, 0.2) is 0 Å². The van der Waals surface area contributed by atoms with Crippen LogP contribution in [0.3, 0.4) is 0 Å². The molecular formula is C20H23N5O3. The van der Waals surface area contributed by atoms with Crippen LogP contribution < -0.4 is 0 Å². The molecule has 28 heavy (non-hydrogen) atoms. The molecule has 0 spiro atoms. The molecule has 2 aromatic heterocycles. The molecule has 0 aliphatic carbocycles. The van der Waals surface area contributed by atoms with E-state index in [1.54, 1.807) is 11.8 Å². The molecule has 1 amide bonds. The average molecular weight is 381 g/mol. The van der Waals surface area contributed by atoms with Crippen molar-refractivity contribution in [3.8, 4) is 11.5 Å². The number of carbonyl (C=O) groups excluding carboxylic acids is 1. The van der Waals surface area contributed by atoms with Gasteiger partial charge in [-0.1, -0.05) is 34.5 Å². The van der Waals surface area contributed by atoms with Gasteiger partial charge in [-0.05, 0) is 31.9 Å². The van der Waals surface area contributed by atoms with E-state index in [1.165, 1.54) is 0 Å².